The van der Waals surface area contributed by atoms with Gasteiger partial charge in [-0.3, -0.25) is 0 Å². The summed E-state index contributed by atoms with van der Waals surface area (Å²) in [6, 6.07) is 11.4. The summed E-state index contributed by atoms with van der Waals surface area (Å²) in [6.45, 7) is 0. The van der Waals surface area contributed by atoms with Crippen LogP contribution in [0.1, 0.15) is 19.3 Å². The van der Waals surface area contributed by atoms with E-state index in [1.807, 2.05) is 36.4 Å². The van der Waals surface area contributed by atoms with E-state index in [0.29, 0.717) is 6.42 Å². The first kappa shape index (κ1) is 19.7. The van der Waals surface area contributed by atoms with Gasteiger partial charge in [0, 0.05) is 17.8 Å². The molecule has 0 atom stereocenters. The molecule has 1 saturated carbocycles. The first-order valence-electron chi connectivity index (χ1n) is 7.06. The van der Waals surface area contributed by atoms with Gasteiger partial charge in [-0.15, -0.1) is 0 Å². The smallest absolute Gasteiger partial charge is 0.549 e. The molecule has 0 saturated heterocycles. The Balaban J connectivity index is 0.000000238. The van der Waals surface area contributed by atoms with Crippen LogP contribution < -0.4 is 15.5 Å². The van der Waals surface area contributed by atoms with Crippen LogP contribution in [0.4, 0.5) is 11.6 Å². The van der Waals surface area contributed by atoms with E-state index in [4.69, 9.17) is 0 Å². The topological polar surface area (TPSA) is 118 Å². The Hall–Kier alpha value is -2.30. The van der Waals surface area contributed by atoms with E-state index < -0.39 is 17.4 Å². The maximum Gasteiger partial charge on any atom is 2.00 e. The van der Waals surface area contributed by atoms with E-state index in [0.717, 1.165) is 11.6 Å². The van der Waals surface area contributed by atoms with E-state index in [9.17, 15) is 19.8 Å². The monoisotopic (exact) mass is 419 g/mol. The van der Waals surface area contributed by atoms with Crippen molar-refractivity contribution in [1.82, 2.24) is 9.97 Å². The molecule has 7 nitrogen and oxygen atoms in total. The fourth-order valence-corrected chi connectivity index (χ4v) is 2.03. The van der Waals surface area contributed by atoms with Crippen molar-refractivity contribution in [2.75, 3.05) is 5.32 Å². The van der Waals surface area contributed by atoms with Crippen LogP contribution in [0.3, 0.4) is 0 Å². The van der Waals surface area contributed by atoms with Gasteiger partial charge >= 0.3 is 20.4 Å². The minimum atomic E-state index is -1.67. The molecule has 2 aromatic rings. The molecule has 24 heavy (non-hydrogen) atoms. The van der Waals surface area contributed by atoms with Crippen molar-refractivity contribution in [3.63, 3.8) is 0 Å². The van der Waals surface area contributed by atoms with Crippen LogP contribution in [-0.4, -0.2) is 21.9 Å². The van der Waals surface area contributed by atoms with E-state index in [1.165, 1.54) is 0 Å². The summed E-state index contributed by atoms with van der Waals surface area (Å²) in [7, 11) is 0. The van der Waals surface area contributed by atoms with Crippen molar-refractivity contribution in [1.29, 1.82) is 0 Å². The molecule has 128 valence electrons. The van der Waals surface area contributed by atoms with Gasteiger partial charge in [-0.05, 0) is 37.1 Å². The average molecular weight is 420 g/mol. The van der Waals surface area contributed by atoms with Gasteiger partial charge < -0.3 is 25.1 Å². The van der Waals surface area contributed by atoms with Gasteiger partial charge in [0.05, 0.1) is 11.9 Å². The van der Waals surface area contributed by atoms with Crippen molar-refractivity contribution in [3.05, 3.63) is 48.8 Å². The van der Waals surface area contributed by atoms with Crippen molar-refractivity contribution < 1.29 is 40.2 Å². The van der Waals surface area contributed by atoms with Crippen LogP contribution >= 0.6 is 0 Å². The van der Waals surface area contributed by atoms with Gasteiger partial charge in [0.1, 0.15) is 11.6 Å². The molecular formula is C16H15N3O4Pd. The third kappa shape index (κ3) is 4.85. The number of hydrogen-bond acceptors (Lipinski definition) is 7. The second-order valence-corrected chi connectivity index (χ2v) is 5.07. The Morgan fingerprint density at radius 2 is 1.38 bits per heavy atom. The van der Waals surface area contributed by atoms with E-state index in [1.54, 1.807) is 12.4 Å². The number of anilines is 2. The quantitative estimate of drug-likeness (QED) is 0.542. The first-order chi connectivity index (χ1) is 11.0. The molecule has 8 heteroatoms. The van der Waals surface area contributed by atoms with Crippen LogP contribution in [0.15, 0.2) is 48.8 Å². The number of carbonyl (C=O) groups is 2. The summed E-state index contributed by atoms with van der Waals surface area (Å²) in [6.07, 6.45) is 4.41. The van der Waals surface area contributed by atoms with Gasteiger partial charge in [-0.1, -0.05) is 18.6 Å². The molecule has 3 rings (SSSR count). The molecule has 1 N–H and O–H groups in total. The molecule has 0 amide bonds. The van der Waals surface area contributed by atoms with Gasteiger partial charge in [0.25, 0.3) is 0 Å². The number of nitrogens with one attached hydrogen (secondary N) is 1. The maximum atomic E-state index is 10.2. The Morgan fingerprint density at radius 3 is 1.58 bits per heavy atom. The van der Waals surface area contributed by atoms with Crippen molar-refractivity contribution >= 4 is 23.6 Å². The standard InChI is InChI=1S/C10H9N3.C6H8O4.Pd/c1-3-7-11-9(5-1)13-10-6-2-4-8-12-10;7-4(8)6(5(9)10)2-1-3-6;/h1-8H,(H,11,12,13);1-3H2,(H,7,8)(H,9,10);/q;;+2/p-2. The molecule has 0 radical (unpaired) electrons. The SMILES string of the molecule is O=C([O-])C1(C(=O)[O-])CCC1.[Pd+2].c1ccc(Nc2ccccn2)nc1. The zero-order chi connectivity index (χ0) is 16.7. The second kappa shape index (κ2) is 9.11. The Kier molecular flexibility index (Phi) is 7.50. The molecule has 1 fully saturated rings. The normalized spacial score (nSPS) is 14.0. The fourth-order valence-electron chi connectivity index (χ4n) is 2.03. The van der Waals surface area contributed by atoms with E-state index >= 15 is 0 Å². The Morgan fingerprint density at radius 1 is 0.917 bits per heavy atom. The number of pyridine rings is 2. The van der Waals surface area contributed by atoms with Crippen LogP contribution in [-0.2, 0) is 30.0 Å². The third-order valence-electron chi connectivity index (χ3n) is 3.57. The molecule has 2 heterocycles. The summed E-state index contributed by atoms with van der Waals surface area (Å²) < 4.78 is 0. The zero-order valence-corrected chi connectivity index (χ0v) is 14.1. The Bertz CT molecular complexity index is 610. The summed E-state index contributed by atoms with van der Waals surface area (Å²) in [5.41, 5.74) is -1.67. The number of nitrogens with zero attached hydrogens (tertiary/aromatic N) is 2. The van der Waals surface area contributed by atoms with Gasteiger partial charge in [-0.2, -0.15) is 0 Å². The van der Waals surface area contributed by atoms with E-state index in [-0.39, 0.29) is 33.3 Å². The van der Waals surface area contributed by atoms with Crippen LogP contribution in [0.5, 0.6) is 0 Å². The number of aliphatic carboxylic acids is 2. The molecule has 0 aromatic carbocycles. The molecule has 2 aromatic heterocycles. The molecule has 0 spiro atoms. The number of carboxylic acid groups (broad SMARTS) is 2. The number of carboxylic acids is 2. The number of hydrogen-bond donors (Lipinski definition) is 1. The third-order valence-corrected chi connectivity index (χ3v) is 3.57. The van der Waals surface area contributed by atoms with Crippen molar-refractivity contribution in [2.45, 2.75) is 19.3 Å². The average Bonchev–Trinajstić information content (AvgIpc) is 2.48. The van der Waals surface area contributed by atoms with Crippen molar-refractivity contribution in [2.24, 2.45) is 5.41 Å². The van der Waals surface area contributed by atoms with Crippen LogP contribution in [0.25, 0.3) is 0 Å². The van der Waals surface area contributed by atoms with Crippen LogP contribution in [0, 0.1) is 5.41 Å². The first-order valence-corrected chi connectivity index (χ1v) is 7.06. The molecule has 0 bridgehead atoms. The fraction of sp³-hybridized carbons (Fsp3) is 0.250. The predicted octanol–water partition coefficient (Wildman–Crippen LogP) is -0.126. The minimum absolute atomic E-state index is 0. The van der Waals surface area contributed by atoms with E-state index in [2.05, 4.69) is 15.3 Å². The second-order valence-electron chi connectivity index (χ2n) is 5.07. The molecule has 1 aliphatic carbocycles. The van der Waals surface area contributed by atoms with Gasteiger partial charge in [0.2, 0.25) is 0 Å². The number of rotatable bonds is 4. The van der Waals surface area contributed by atoms with Gasteiger partial charge in [0.15, 0.2) is 0 Å². The molecule has 0 unspecified atom stereocenters. The number of aromatic nitrogens is 2. The Labute approximate surface area is 152 Å². The number of carbonyl (C=O) groups excluding carboxylic acids is 2. The maximum absolute atomic E-state index is 10.2. The van der Waals surface area contributed by atoms with Crippen molar-refractivity contribution in [3.8, 4) is 0 Å². The summed E-state index contributed by atoms with van der Waals surface area (Å²) in [5.74, 6) is -1.42. The predicted molar refractivity (Wildman–Crippen MR) is 78.1 cm³/mol. The summed E-state index contributed by atoms with van der Waals surface area (Å²) in [5, 5.41) is 23.5. The zero-order valence-electron chi connectivity index (χ0n) is 12.6. The molecular weight excluding hydrogens is 405 g/mol. The van der Waals surface area contributed by atoms with Gasteiger partial charge in [-0.25, -0.2) is 9.97 Å². The van der Waals surface area contributed by atoms with Crippen LogP contribution in [0.2, 0.25) is 0 Å². The summed E-state index contributed by atoms with van der Waals surface area (Å²) >= 11 is 0. The minimum Gasteiger partial charge on any atom is -0.549 e. The summed E-state index contributed by atoms with van der Waals surface area (Å²) in [4.78, 5) is 28.7. The largest absolute Gasteiger partial charge is 2.00 e. The molecule has 0 aliphatic heterocycles. The molecule has 1 aliphatic rings.